The summed E-state index contributed by atoms with van der Waals surface area (Å²) >= 11 is 1.09. The van der Waals surface area contributed by atoms with Gasteiger partial charge in [0.05, 0.1) is 19.0 Å². The molecule has 2 fully saturated rings. The molecule has 2 aliphatic heterocycles. The van der Waals surface area contributed by atoms with E-state index in [2.05, 4.69) is 0 Å². The van der Waals surface area contributed by atoms with Gasteiger partial charge in [-0.1, -0.05) is 18.2 Å². The van der Waals surface area contributed by atoms with Crippen molar-refractivity contribution in [1.29, 1.82) is 0 Å². The lowest BCUT2D eigenvalue weighted by Crippen LogP contribution is -2.51. The Morgan fingerprint density at radius 3 is 2.47 bits per heavy atom. The highest BCUT2D eigenvalue weighted by atomic mass is 32.2. The van der Waals surface area contributed by atoms with Crippen molar-refractivity contribution in [3.05, 3.63) is 52.7 Å². The highest BCUT2D eigenvalue weighted by Crippen LogP contribution is 2.37. The van der Waals surface area contributed by atoms with Gasteiger partial charge in [-0.2, -0.15) is 17.0 Å². The summed E-state index contributed by atoms with van der Waals surface area (Å²) in [5.74, 6) is -1.22. The number of rotatable bonds is 7. The third-order valence-corrected chi connectivity index (χ3v) is 11.4. The molecule has 1 aromatic heterocycles. The number of hydrogen-bond acceptors (Lipinski definition) is 7. The smallest absolute Gasteiger partial charge is 0.282 e. The van der Waals surface area contributed by atoms with E-state index in [-0.39, 0.29) is 55.8 Å². The van der Waals surface area contributed by atoms with E-state index in [0.29, 0.717) is 5.56 Å². The van der Waals surface area contributed by atoms with Crippen LogP contribution in [0.25, 0.3) is 0 Å². The number of ether oxygens (including phenoxy) is 1. The average molecular weight is 504 g/mol. The van der Waals surface area contributed by atoms with Gasteiger partial charge in [0.15, 0.2) is 9.84 Å². The van der Waals surface area contributed by atoms with Crippen molar-refractivity contribution in [3.8, 4) is 0 Å². The summed E-state index contributed by atoms with van der Waals surface area (Å²) in [5.41, 5.74) is 6.00. The van der Waals surface area contributed by atoms with Gasteiger partial charge < -0.3 is 10.5 Å². The Bertz CT molecular complexity index is 1160. The van der Waals surface area contributed by atoms with Crippen LogP contribution in [0, 0.1) is 5.82 Å². The Morgan fingerprint density at radius 2 is 1.81 bits per heavy atom. The van der Waals surface area contributed by atoms with Gasteiger partial charge in [0.2, 0.25) is 0 Å². The molecule has 2 saturated heterocycles. The molecule has 2 aliphatic rings. The van der Waals surface area contributed by atoms with Crippen LogP contribution in [0.4, 0.5) is 4.39 Å². The van der Waals surface area contributed by atoms with Crippen molar-refractivity contribution in [1.82, 2.24) is 8.61 Å². The van der Waals surface area contributed by atoms with E-state index in [4.69, 9.17) is 10.5 Å². The van der Waals surface area contributed by atoms with Crippen LogP contribution in [0.1, 0.15) is 22.8 Å². The van der Waals surface area contributed by atoms with Crippen LogP contribution >= 0.6 is 11.3 Å². The molecular formula is C20H26FN3O5S3. The van der Waals surface area contributed by atoms with Crippen molar-refractivity contribution in [3.63, 3.8) is 0 Å². The van der Waals surface area contributed by atoms with Gasteiger partial charge in [-0.05, 0) is 30.2 Å². The number of thiophene rings is 1. The summed E-state index contributed by atoms with van der Waals surface area (Å²) in [5, 5.41) is 0. The van der Waals surface area contributed by atoms with E-state index in [9.17, 15) is 21.2 Å². The predicted octanol–water partition coefficient (Wildman–Crippen LogP) is 1.55. The molecule has 176 valence electrons. The lowest BCUT2D eigenvalue weighted by Gasteiger charge is -2.32. The van der Waals surface area contributed by atoms with Crippen LogP contribution in [-0.2, 0) is 31.3 Å². The minimum Gasteiger partial charge on any atom is -0.379 e. The summed E-state index contributed by atoms with van der Waals surface area (Å²) < 4.78 is 75.5. The van der Waals surface area contributed by atoms with Crippen LogP contribution in [0.3, 0.4) is 0 Å². The molecule has 0 spiro atoms. The first-order valence-corrected chi connectivity index (χ1v) is 14.2. The second kappa shape index (κ2) is 9.45. The van der Waals surface area contributed by atoms with Crippen molar-refractivity contribution in [2.45, 2.75) is 29.1 Å². The summed E-state index contributed by atoms with van der Waals surface area (Å²) in [6.45, 7) is 1.23. The topological polar surface area (TPSA) is 110 Å². The maximum Gasteiger partial charge on any atom is 0.282 e. The monoisotopic (exact) mass is 503 g/mol. The zero-order chi connectivity index (χ0) is 22.9. The molecule has 0 saturated carbocycles. The summed E-state index contributed by atoms with van der Waals surface area (Å²) in [6.07, 6.45) is 0.221. The van der Waals surface area contributed by atoms with Crippen LogP contribution in [-0.4, -0.2) is 70.1 Å². The zero-order valence-electron chi connectivity index (χ0n) is 17.4. The summed E-state index contributed by atoms with van der Waals surface area (Å²) in [4.78, 5) is 0.733. The van der Waals surface area contributed by atoms with E-state index >= 15 is 0 Å². The Morgan fingerprint density at radius 1 is 1.09 bits per heavy atom. The third kappa shape index (κ3) is 4.76. The number of nitrogens with zero attached hydrogens (tertiary/aromatic N) is 2. The van der Waals surface area contributed by atoms with Crippen LogP contribution in [0.15, 0.2) is 40.6 Å². The van der Waals surface area contributed by atoms with Crippen molar-refractivity contribution in [2.75, 3.05) is 38.6 Å². The zero-order valence-corrected chi connectivity index (χ0v) is 19.8. The molecule has 2 atom stereocenters. The molecular weight excluding hydrogens is 477 g/mol. The molecule has 1 aromatic carbocycles. The predicted molar refractivity (Wildman–Crippen MR) is 120 cm³/mol. The molecule has 2 unspecified atom stereocenters. The maximum atomic E-state index is 14.5. The first-order chi connectivity index (χ1) is 15.2. The van der Waals surface area contributed by atoms with Crippen molar-refractivity contribution in [2.24, 2.45) is 5.73 Å². The van der Waals surface area contributed by atoms with Gasteiger partial charge in [-0.3, -0.25) is 0 Å². The summed E-state index contributed by atoms with van der Waals surface area (Å²) in [6, 6.07) is 8.60. The van der Waals surface area contributed by atoms with Gasteiger partial charge in [0.25, 0.3) is 10.2 Å². The third-order valence-electron chi connectivity index (χ3n) is 5.86. The first-order valence-electron chi connectivity index (χ1n) is 10.3. The number of sulfone groups is 1. The fourth-order valence-electron chi connectivity index (χ4n) is 4.25. The fourth-order valence-corrected chi connectivity index (χ4v) is 9.06. The number of hydrogen-bond donors (Lipinski definition) is 1. The van der Waals surface area contributed by atoms with Gasteiger partial charge in [-0.15, -0.1) is 11.3 Å². The highest BCUT2D eigenvalue weighted by Gasteiger charge is 2.45. The van der Waals surface area contributed by atoms with Gasteiger partial charge >= 0.3 is 0 Å². The minimum absolute atomic E-state index is 0.0271. The quantitative estimate of drug-likeness (QED) is 0.614. The van der Waals surface area contributed by atoms with E-state index < -0.39 is 37.8 Å². The van der Waals surface area contributed by atoms with Gasteiger partial charge in [-0.25, -0.2) is 12.8 Å². The molecule has 2 aromatic rings. The molecule has 0 radical (unpaired) electrons. The van der Waals surface area contributed by atoms with Crippen LogP contribution < -0.4 is 5.73 Å². The molecule has 2 N–H and O–H groups in total. The number of benzene rings is 1. The van der Waals surface area contributed by atoms with E-state index in [0.717, 1.165) is 16.2 Å². The lowest BCUT2D eigenvalue weighted by atomic mass is 9.96. The van der Waals surface area contributed by atoms with E-state index in [1.54, 1.807) is 24.3 Å². The number of morpholine rings is 1. The van der Waals surface area contributed by atoms with Crippen LogP contribution in [0.5, 0.6) is 0 Å². The van der Waals surface area contributed by atoms with Crippen LogP contribution in [0.2, 0.25) is 0 Å². The van der Waals surface area contributed by atoms with Crippen molar-refractivity contribution >= 4 is 31.4 Å². The molecule has 4 rings (SSSR count). The normalized spacial score (nSPS) is 23.6. The average Bonchev–Trinajstić information content (AvgIpc) is 3.42. The largest absolute Gasteiger partial charge is 0.379 e. The Balaban J connectivity index is 1.65. The number of nitrogens with two attached hydrogens (primary N) is 1. The molecule has 0 aliphatic carbocycles. The minimum atomic E-state index is -3.94. The SMILES string of the molecule is NCc1ccc(S(=O)(=O)CC2CC(c3ccccc3F)CN2S(=O)(=O)N2CCOCC2)s1. The molecule has 32 heavy (non-hydrogen) atoms. The first kappa shape index (κ1) is 23.7. The molecule has 8 nitrogen and oxygen atoms in total. The molecule has 3 heterocycles. The Kier molecular flexibility index (Phi) is 7.01. The highest BCUT2D eigenvalue weighted by molar-refractivity contribution is 7.93. The van der Waals surface area contributed by atoms with E-state index in [1.807, 2.05) is 0 Å². The second-order valence-electron chi connectivity index (χ2n) is 7.90. The van der Waals surface area contributed by atoms with Crippen molar-refractivity contribution < 1.29 is 26.0 Å². The fraction of sp³-hybridized carbons (Fsp3) is 0.500. The second-order valence-corrected chi connectivity index (χ2v) is 13.2. The molecule has 12 heteroatoms. The van der Waals surface area contributed by atoms with Gasteiger partial charge in [0, 0.05) is 43.0 Å². The summed E-state index contributed by atoms with van der Waals surface area (Å²) in [7, 11) is -7.69. The maximum absolute atomic E-state index is 14.5. The molecule has 0 amide bonds. The number of halogens is 1. The Labute approximate surface area is 191 Å². The van der Waals surface area contributed by atoms with E-state index in [1.165, 1.54) is 20.7 Å². The standard InChI is InChI=1S/C20H26FN3O5S3/c21-19-4-2-1-3-18(19)15-11-16(14-31(25,26)20-6-5-17(12-22)30-20)24(13-15)32(27,28)23-7-9-29-10-8-23/h1-6,15-16H,7-14,22H2. The van der Waals surface area contributed by atoms with Gasteiger partial charge in [0.1, 0.15) is 10.0 Å². The molecule has 0 bridgehead atoms. The Hall–Kier alpha value is -1.41. The lowest BCUT2D eigenvalue weighted by molar-refractivity contribution is 0.0700.